The van der Waals surface area contributed by atoms with Gasteiger partial charge in [0, 0.05) is 20.1 Å². The smallest absolute Gasteiger partial charge is 0.327 e. The van der Waals surface area contributed by atoms with Crippen molar-refractivity contribution in [2.45, 2.75) is 109 Å². The number of aliphatic hydroxyl groups is 1. The Labute approximate surface area is 200 Å². The van der Waals surface area contributed by atoms with Crippen LogP contribution in [0.2, 0.25) is 0 Å². The number of carbonyl (C=O) groups excluding carboxylic acids is 3. The third-order valence-corrected chi connectivity index (χ3v) is 6.55. The van der Waals surface area contributed by atoms with Crippen molar-refractivity contribution in [3.8, 4) is 0 Å². The molecule has 0 aromatic carbocycles. The van der Waals surface area contributed by atoms with E-state index in [9.17, 15) is 19.5 Å². The number of nitrogens with zero attached hydrogens (tertiary/aromatic N) is 2. The molecule has 33 heavy (non-hydrogen) atoms. The molecule has 192 valence electrons. The Hall–Kier alpha value is -1.67. The zero-order chi connectivity index (χ0) is 24.7. The number of likely N-dealkylation sites (N-methyl/N-ethyl adjacent to an activating group) is 1. The Kier molecular flexibility index (Phi) is 14.3. The first-order valence-corrected chi connectivity index (χ1v) is 12.8. The van der Waals surface area contributed by atoms with Gasteiger partial charge in [0.05, 0.1) is 19.1 Å². The number of methoxy groups -OCH3 is 1. The van der Waals surface area contributed by atoms with Crippen LogP contribution in [-0.2, 0) is 14.3 Å². The first-order valence-electron chi connectivity index (χ1n) is 12.8. The molecular weight excluding hydrogens is 422 g/mol. The molecule has 1 heterocycles. The van der Waals surface area contributed by atoms with Crippen LogP contribution in [0.1, 0.15) is 97.3 Å². The Morgan fingerprint density at radius 1 is 1.03 bits per heavy atom. The van der Waals surface area contributed by atoms with E-state index in [1.165, 1.54) is 18.4 Å². The maximum atomic E-state index is 12.6. The fraction of sp³-hybridized carbons (Fsp3) is 0.880. The topological polar surface area (TPSA) is 99.2 Å². The van der Waals surface area contributed by atoms with Gasteiger partial charge in [-0.1, -0.05) is 58.3 Å². The average molecular weight is 470 g/mol. The molecule has 2 unspecified atom stereocenters. The van der Waals surface area contributed by atoms with E-state index in [4.69, 9.17) is 0 Å². The highest BCUT2D eigenvalue weighted by Gasteiger charge is 2.42. The molecule has 0 aliphatic carbocycles. The third kappa shape index (κ3) is 11.3. The first kappa shape index (κ1) is 29.4. The molecule has 0 saturated carbocycles. The fourth-order valence-electron chi connectivity index (χ4n) is 4.26. The largest absolute Gasteiger partial charge is 0.469 e. The van der Waals surface area contributed by atoms with Gasteiger partial charge >= 0.3 is 12.0 Å². The van der Waals surface area contributed by atoms with Crippen molar-refractivity contribution in [3.63, 3.8) is 0 Å². The summed E-state index contributed by atoms with van der Waals surface area (Å²) >= 11 is 0. The number of hydrogen-bond donors (Lipinski definition) is 2. The van der Waals surface area contributed by atoms with E-state index in [0.717, 1.165) is 64.3 Å². The van der Waals surface area contributed by atoms with E-state index in [2.05, 4.69) is 17.0 Å². The maximum Gasteiger partial charge on any atom is 0.327 e. The quantitative estimate of drug-likeness (QED) is 0.169. The van der Waals surface area contributed by atoms with Gasteiger partial charge in [-0.15, -0.1) is 0 Å². The molecule has 1 aliphatic rings. The summed E-state index contributed by atoms with van der Waals surface area (Å²) in [5.41, 5.74) is -0.812. The lowest BCUT2D eigenvalue weighted by atomic mass is 9.94. The fourth-order valence-corrected chi connectivity index (χ4v) is 4.26. The third-order valence-electron chi connectivity index (χ3n) is 6.55. The molecule has 8 heteroatoms. The monoisotopic (exact) mass is 469 g/mol. The Balaban J connectivity index is 2.29. The normalized spacial score (nSPS) is 18.2. The molecule has 1 aliphatic heterocycles. The summed E-state index contributed by atoms with van der Waals surface area (Å²) in [7, 11) is 2.95. The predicted molar refractivity (Wildman–Crippen MR) is 130 cm³/mol. The summed E-state index contributed by atoms with van der Waals surface area (Å²) < 4.78 is 4.61. The van der Waals surface area contributed by atoms with Gasteiger partial charge in [0.25, 0.3) is 5.91 Å². The zero-order valence-corrected chi connectivity index (χ0v) is 21.4. The number of urea groups is 1. The van der Waals surface area contributed by atoms with Crippen LogP contribution >= 0.6 is 0 Å². The number of rotatable bonds is 19. The maximum absolute atomic E-state index is 12.6. The Bertz CT molecular complexity index is 597. The summed E-state index contributed by atoms with van der Waals surface area (Å²) in [6.07, 6.45) is 11.8. The van der Waals surface area contributed by atoms with Crippen molar-refractivity contribution in [1.82, 2.24) is 15.1 Å². The van der Waals surface area contributed by atoms with E-state index >= 15 is 0 Å². The molecule has 0 spiro atoms. The second-order valence-corrected chi connectivity index (χ2v) is 9.58. The molecule has 0 aromatic heterocycles. The van der Waals surface area contributed by atoms with Crippen molar-refractivity contribution in [3.05, 3.63) is 0 Å². The number of unbranched alkanes of at least 4 members (excludes halogenated alkanes) is 7. The second kappa shape index (κ2) is 16.0. The molecule has 8 nitrogen and oxygen atoms in total. The second-order valence-electron chi connectivity index (χ2n) is 9.58. The van der Waals surface area contributed by atoms with Crippen molar-refractivity contribution in [2.75, 3.05) is 33.8 Å². The molecule has 0 radical (unpaired) electrons. The first-order chi connectivity index (χ1) is 15.7. The summed E-state index contributed by atoms with van der Waals surface area (Å²) in [5.74, 6) is -0.324. The summed E-state index contributed by atoms with van der Waals surface area (Å²) in [5, 5.41) is 13.9. The SMILES string of the molecule is CCCCCCC(C)(O)CCN1C(=O)N(C)C(=O)C1CCCCCCCNCCC(=O)OC. The van der Waals surface area contributed by atoms with Crippen LogP contribution in [0.25, 0.3) is 0 Å². The van der Waals surface area contributed by atoms with E-state index in [1.54, 1.807) is 11.9 Å². The van der Waals surface area contributed by atoms with Crippen molar-refractivity contribution < 1.29 is 24.2 Å². The van der Waals surface area contributed by atoms with Crippen LogP contribution in [0.5, 0.6) is 0 Å². The molecule has 1 saturated heterocycles. The summed E-state index contributed by atoms with van der Waals surface area (Å²) in [6, 6.07) is -0.650. The molecule has 0 aromatic rings. The van der Waals surface area contributed by atoms with Crippen molar-refractivity contribution >= 4 is 17.9 Å². The summed E-state index contributed by atoms with van der Waals surface area (Å²) in [6.45, 7) is 5.93. The van der Waals surface area contributed by atoms with E-state index in [0.29, 0.717) is 32.4 Å². The molecular formula is C25H47N3O5. The number of amides is 3. The van der Waals surface area contributed by atoms with Crippen LogP contribution in [0.4, 0.5) is 4.79 Å². The van der Waals surface area contributed by atoms with E-state index in [1.807, 2.05) is 6.92 Å². The summed E-state index contributed by atoms with van der Waals surface area (Å²) in [4.78, 5) is 39.1. The van der Waals surface area contributed by atoms with E-state index in [-0.39, 0.29) is 17.9 Å². The van der Waals surface area contributed by atoms with Crippen molar-refractivity contribution in [2.24, 2.45) is 0 Å². The lowest BCUT2D eigenvalue weighted by Gasteiger charge is -2.28. The average Bonchev–Trinajstić information content (AvgIpc) is 2.99. The van der Waals surface area contributed by atoms with Gasteiger partial charge in [0.15, 0.2) is 0 Å². The molecule has 2 atom stereocenters. The molecule has 2 N–H and O–H groups in total. The standard InChI is InChI=1S/C25H47N3O5/c1-5-6-7-12-16-25(2,32)17-20-28-21(23(30)27(3)24(28)31)14-11-9-8-10-13-18-26-19-15-22(29)33-4/h21,26,32H,5-20H2,1-4H3. The highest BCUT2D eigenvalue weighted by atomic mass is 16.5. The Morgan fingerprint density at radius 3 is 2.39 bits per heavy atom. The minimum atomic E-state index is -0.812. The van der Waals surface area contributed by atoms with Crippen LogP contribution in [-0.4, -0.2) is 78.2 Å². The molecule has 0 bridgehead atoms. The van der Waals surface area contributed by atoms with Gasteiger partial charge in [-0.05, 0) is 39.2 Å². The lowest BCUT2D eigenvalue weighted by Crippen LogP contribution is -2.39. The number of imide groups is 1. The van der Waals surface area contributed by atoms with E-state index < -0.39 is 11.6 Å². The van der Waals surface area contributed by atoms with Crippen molar-refractivity contribution in [1.29, 1.82) is 0 Å². The minimum absolute atomic E-state index is 0.127. The van der Waals surface area contributed by atoms with Crippen LogP contribution in [0.3, 0.4) is 0 Å². The highest BCUT2D eigenvalue weighted by molar-refractivity contribution is 6.03. The lowest BCUT2D eigenvalue weighted by molar-refractivity contribution is -0.140. The number of carbonyl (C=O) groups is 3. The number of esters is 1. The van der Waals surface area contributed by atoms with Gasteiger partial charge in [-0.2, -0.15) is 0 Å². The van der Waals surface area contributed by atoms with Gasteiger partial charge in [0.1, 0.15) is 6.04 Å². The Morgan fingerprint density at radius 2 is 1.70 bits per heavy atom. The van der Waals surface area contributed by atoms with Crippen LogP contribution in [0.15, 0.2) is 0 Å². The van der Waals surface area contributed by atoms with Gasteiger partial charge in [0.2, 0.25) is 0 Å². The predicted octanol–water partition coefficient (Wildman–Crippen LogP) is 3.85. The molecule has 1 rings (SSSR count). The minimum Gasteiger partial charge on any atom is -0.469 e. The number of hydrogen-bond acceptors (Lipinski definition) is 6. The van der Waals surface area contributed by atoms with Gasteiger partial charge < -0.3 is 20.1 Å². The van der Waals surface area contributed by atoms with Gasteiger partial charge in [-0.3, -0.25) is 14.5 Å². The molecule has 1 fully saturated rings. The molecule has 3 amide bonds. The van der Waals surface area contributed by atoms with Crippen LogP contribution < -0.4 is 5.32 Å². The highest BCUT2D eigenvalue weighted by Crippen LogP contribution is 2.25. The van der Waals surface area contributed by atoms with Gasteiger partial charge in [-0.25, -0.2) is 4.79 Å². The zero-order valence-electron chi connectivity index (χ0n) is 21.4. The van der Waals surface area contributed by atoms with Crippen LogP contribution in [0, 0.1) is 0 Å². The number of nitrogens with one attached hydrogen (secondary N) is 1. The number of ether oxygens (including phenoxy) is 1.